The Morgan fingerprint density at radius 3 is 3.05 bits per heavy atom. The molecule has 3 nitrogen and oxygen atoms in total. The van der Waals surface area contributed by atoms with Gasteiger partial charge in [-0.2, -0.15) is 0 Å². The van der Waals surface area contributed by atoms with Crippen molar-refractivity contribution in [2.45, 2.75) is 38.8 Å². The molecule has 2 aromatic rings. The fourth-order valence-electron chi connectivity index (χ4n) is 2.75. The third kappa shape index (κ3) is 2.72. The van der Waals surface area contributed by atoms with Gasteiger partial charge in [0.1, 0.15) is 0 Å². The van der Waals surface area contributed by atoms with Gasteiger partial charge < -0.3 is 10.6 Å². The molecule has 20 heavy (non-hydrogen) atoms. The second kappa shape index (κ2) is 5.54. The molecule has 0 saturated heterocycles. The zero-order chi connectivity index (χ0) is 14.1. The second-order valence-electron chi connectivity index (χ2n) is 5.65. The predicted octanol–water partition coefficient (Wildman–Crippen LogP) is 3.42. The van der Waals surface area contributed by atoms with Crippen molar-refractivity contribution in [1.29, 1.82) is 0 Å². The van der Waals surface area contributed by atoms with Crippen LogP contribution in [-0.4, -0.2) is 12.0 Å². The lowest BCUT2D eigenvalue weighted by Gasteiger charge is -2.16. The Hall–Kier alpha value is -1.39. The van der Waals surface area contributed by atoms with E-state index in [2.05, 4.69) is 43.1 Å². The highest BCUT2D eigenvalue weighted by molar-refractivity contribution is 7.15. The lowest BCUT2D eigenvalue weighted by atomic mass is 9.99. The normalized spacial score (nSPS) is 17.9. The number of nitrogens with zero attached hydrogens (tertiary/aromatic N) is 2. The van der Waals surface area contributed by atoms with Crippen molar-refractivity contribution < 1.29 is 0 Å². The summed E-state index contributed by atoms with van der Waals surface area (Å²) in [5, 5.41) is 1.09. The van der Waals surface area contributed by atoms with Crippen LogP contribution >= 0.6 is 11.3 Å². The number of hydrogen-bond donors (Lipinski definition) is 1. The van der Waals surface area contributed by atoms with E-state index in [1.807, 2.05) is 0 Å². The first-order valence-corrected chi connectivity index (χ1v) is 7.97. The number of aromatic nitrogens is 1. The molecule has 0 amide bonds. The van der Waals surface area contributed by atoms with Crippen LogP contribution < -0.4 is 10.6 Å². The van der Waals surface area contributed by atoms with Gasteiger partial charge >= 0.3 is 0 Å². The summed E-state index contributed by atoms with van der Waals surface area (Å²) in [5.74, 6) is 0. The van der Waals surface area contributed by atoms with Crippen molar-refractivity contribution in [2.75, 3.05) is 11.9 Å². The highest BCUT2D eigenvalue weighted by atomic mass is 32.1. The predicted molar refractivity (Wildman–Crippen MR) is 85.3 cm³/mol. The van der Waals surface area contributed by atoms with E-state index < -0.39 is 0 Å². The third-order valence-electron chi connectivity index (χ3n) is 3.82. The van der Waals surface area contributed by atoms with Crippen LogP contribution in [0.4, 0.5) is 5.13 Å². The Kier molecular flexibility index (Phi) is 3.76. The van der Waals surface area contributed by atoms with Crippen molar-refractivity contribution in [3.63, 3.8) is 0 Å². The third-order valence-corrected chi connectivity index (χ3v) is 5.06. The van der Waals surface area contributed by atoms with Gasteiger partial charge in [0.25, 0.3) is 0 Å². The van der Waals surface area contributed by atoms with E-state index in [1.165, 1.54) is 22.4 Å². The fourth-order valence-corrected chi connectivity index (χ4v) is 3.89. The molecule has 0 aliphatic heterocycles. The van der Waals surface area contributed by atoms with Crippen LogP contribution in [0.3, 0.4) is 0 Å². The Balaban J connectivity index is 1.79. The number of fused-ring (bicyclic) bond motifs is 1. The van der Waals surface area contributed by atoms with E-state index >= 15 is 0 Å². The van der Waals surface area contributed by atoms with Gasteiger partial charge in [-0.25, -0.2) is 4.98 Å². The average molecular weight is 287 g/mol. The van der Waals surface area contributed by atoms with Crippen molar-refractivity contribution >= 4 is 16.5 Å². The van der Waals surface area contributed by atoms with Crippen molar-refractivity contribution in [1.82, 2.24) is 4.98 Å². The Morgan fingerprint density at radius 1 is 1.45 bits per heavy atom. The number of rotatable bonds is 3. The van der Waals surface area contributed by atoms with Crippen LogP contribution in [-0.2, 0) is 13.0 Å². The number of benzene rings is 1. The first-order chi connectivity index (χ1) is 9.63. The van der Waals surface area contributed by atoms with Gasteiger partial charge in [-0.3, -0.25) is 0 Å². The number of thiazole rings is 1. The number of hydrogen-bond acceptors (Lipinski definition) is 4. The molecule has 0 saturated carbocycles. The molecule has 4 heteroatoms. The van der Waals surface area contributed by atoms with Gasteiger partial charge in [-0.15, -0.1) is 11.3 Å². The molecule has 1 aliphatic rings. The molecule has 3 rings (SSSR count). The van der Waals surface area contributed by atoms with Crippen LogP contribution in [0.15, 0.2) is 24.3 Å². The molecule has 1 aromatic carbocycles. The molecule has 0 bridgehead atoms. The summed E-state index contributed by atoms with van der Waals surface area (Å²) < 4.78 is 0. The number of aryl methyl sites for hydroxylation is 2. The van der Waals surface area contributed by atoms with Gasteiger partial charge in [0.2, 0.25) is 0 Å². The molecule has 0 spiro atoms. The first kappa shape index (κ1) is 13.6. The standard InChI is InChI=1S/C16H21N3S/c1-11-5-3-6-12(9-11)10-19(2)16-18-15-13(17)7-4-8-14(15)20-16/h3,5-6,9,13H,4,7-8,10,17H2,1-2H3. The molecule has 2 N–H and O–H groups in total. The lowest BCUT2D eigenvalue weighted by molar-refractivity contribution is 0.563. The molecule has 1 unspecified atom stereocenters. The van der Waals surface area contributed by atoms with E-state index in [0.29, 0.717) is 0 Å². The molecular formula is C16H21N3S. The molecule has 1 heterocycles. The van der Waals surface area contributed by atoms with Crippen molar-refractivity contribution in [2.24, 2.45) is 5.73 Å². The molecular weight excluding hydrogens is 266 g/mol. The summed E-state index contributed by atoms with van der Waals surface area (Å²) in [6.07, 6.45) is 3.40. The second-order valence-corrected chi connectivity index (χ2v) is 6.71. The van der Waals surface area contributed by atoms with E-state index in [4.69, 9.17) is 10.7 Å². The Bertz CT molecular complexity index is 606. The van der Waals surface area contributed by atoms with Crippen molar-refractivity contribution in [3.05, 3.63) is 46.0 Å². The van der Waals surface area contributed by atoms with Crippen LogP contribution in [0.2, 0.25) is 0 Å². The molecule has 1 aromatic heterocycles. The van der Waals surface area contributed by atoms with E-state index in [1.54, 1.807) is 11.3 Å². The van der Waals surface area contributed by atoms with Crippen LogP contribution in [0, 0.1) is 6.92 Å². The zero-order valence-electron chi connectivity index (χ0n) is 12.1. The Morgan fingerprint density at radius 2 is 2.30 bits per heavy atom. The van der Waals surface area contributed by atoms with Crippen LogP contribution in [0.1, 0.15) is 40.6 Å². The van der Waals surface area contributed by atoms with E-state index in [9.17, 15) is 0 Å². The van der Waals surface area contributed by atoms with Crippen LogP contribution in [0.5, 0.6) is 0 Å². The summed E-state index contributed by atoms with van der Waals surface area (Å²) in [5.41, 5.74) is 9.92. The largest absolute Gasteiger partial charge is 0.347 e. The van der Waals surface area contributed by atoms with Crippen LogP contribution in [0.25, 0.3) is 0 Å². The minimum absolute atomic E-state index is 0.135. The van der Waals surface area contributed by atoms with Gasteiger partial charge in [0.05, 0.1) is 5.69 Å². The summed E-state index contributed by atoms with van der Waals surface area (Å²) in [7, 11) is 2.11. The zero-order valence-corrected chi connectivity index (χ0v) is 12.9. The molecule has 1 aliphatic carbocycles. The lowest BCUT2D eigenvalue weighted by Crippen LogP contribution is -2.18. The molecule has 1 atom stereocenters. The van der Waals surface area contributed by atoms with Gasteiger partial charge in [0.15, 0.2) is 5.13 Å². The van der Waals surface area contributed by atoms with E-state index in [0.717, 1.165) is 30.2 Å². The quantitative estimate of drug-likeness (QED) is 0.940. The average Bonchev–Trinajstić information content (AvgIpc) is 2.84. The maximum absolute atomic E-state index is 6.16. The minimum atomic E-state index is 0.135. The number of nitrogens with two attached hydrogens (primary N) is 1. The van der Waals surface area contributed by atoms with Gasteiger partial charge in [0, 0.05) is 24.5 Å². The number of anilines is 1. The van der Waals surface area contributed by atoms with Crippen molar-refractivity contribution in [3.8, 4) is 0 Å². The SMILES string of the molecule is Cc1cccc(CN(C)c2nc3c(s2)CCCC3N)c1. The summed E-state index contributed by atoms with van der Waals surface area (Å²) >= 11 is 1.81. The maximum Gasteiger partial charge on any atom is 0.185 e. The highest BCUT2D eigenvalue weighted by Crippen LogP contribution is 2.35. The van der Waals surface area contributed by atoms with Gasteiger partial charge in [-0.05, 0) is 31.7 Å². The summed E-state index contributed by atoms with van der Waals surface area (Å²) in [6, 6.07) is 8.78. The fraction of sp³-hybridized carbons (Fsp3) is 0.438. The smallest absolute Gasteiger partial charge is 0.185 e. The molecule has 106 valence electrons. The maximum atomic E-state index is 6.16. The molecule has 0 radical (unpaired) electrons. The summed E-state index contributed by atoms with van der Waals surface area (Å²) in [6.45, 7) is 3.02. The molecule has 0 fully saturated rings. The van der Waals surface area contributed by atoms with E-state index in [-0.39, 0.29) is 6.04 Å². The highest BCUT2D eigenvalue weighted by Gasteiger charge is 2.22. The monoisotopic (exact) mass is 287 g/mol. The topological polar surface area (TPSA) is 42.2 Å². The van der Waals surface area contributed by atoms with Gasteiger partial charge in [-0.1, -0.05) is 29.8 Å². The minimum Gasteiger partial charge on any atom is -0.347 e. The first-order valence-electron chi connectivity index (χ1n) is 7.15. The Labute approximate surface area is 124 Å². The summed E-state index contributed by atoms with van der Waals surface area (Å²) in [4.78, 5) is 8.38.